The molecule has 1 atom stereocenters. The van der Waals surface area contributed by atoms with E-state index in [0.717, 1.165) is 17.2 Å². The van der Waals surface area contributed by atoms with Gasteiger partial charge in [0.15, 0.2) is 6.17 Å². The van der Waals surface area contributed by atoms with Crippen molar-refractivity contribution in [1.82, 2.24) is 4.90 Å². The van der Waals surface area contributed by atoms with Gasteiger partial charge in [-0.3, -0.25) is 4.79 Å². The first-order valence-electron chi connectivity index (χ1n) is 6.92. The Morgan fingerprint density at radius 1 is 1.29 bits per heavy atom. The normalized spacial score (nSPS) is 17.5. The summed E-state index contributed by atoms with van der Waals surface area (Å²) in [6.07, 6.45) is -0.309. The van der Waals surface area contributed by atoms with Crippen LogP contribution in [0, 0.1) is 6.92 Å². The van der Waals surface area contributed by atoms with Crippen LogP contribution in [0.25, 0.3) is 0 Å². The van der Waals surface area contributed by atoms with Gasteiger partial charge in [0.1, 0.15) is 11.5 Å². The van der Waals surface area contributed by atoms with Gasteiger partial charge in [0.2, 0.25) is 0 Å². The quantitative estimate of drug-likeness (QED) is 0.939. The molecular weight excluding hydrogens is 268 g/mol. The number of furan rings is 1. The first-order valence-corrected chi connectivity index (χ1v) is 6.92. The first kappa shape index (κ1) is 13.7. The number of para-hydroxylation sites is 1. The Balaban J connectivity index is 1.98. The molecule has 0 saturated carbocycles. The fourth-order valence-electron chi connectivity index (χ4n) is 2.54. The van der Waals surface area contributed by atoms with Crippen LogP contribution in [-0.2, 0) is 4.74 Å². The van der Waals surface area contributed by atoms with Crippen LogP contribution in [0.4, 0.5) is 5.69 Å². The Bertz CT molecular complexity index is 650. The van der Waals surface area contributed by atoms with Crippen LogP contribution in [0.2, 0.25) is 0 Å². The third kappa shape index (κ3) is 2.52. The van der Waals surface area contributed by atoms with Crippen molar-refractivity contribution in [3.63, 3.8) is 0 Å². The number of nitrogens with zero attached hydrogens (tertiary/aromatic N) is 1. The molecule has 0 unspecified atom stereocenters. The number of hydrogen-bond donors (Lipinski definition) is 1. The van der Waals surface area contributed by atoms with Gasteiger partial charge in [0.05, 0.1) is 12.2 Å². The smallest absolute Gasteiger partial charge is 0.258 e. The Morgan fingerprint density at radius 3 is 2.81 bits per heavy atom. The number of fused-ring (bicyclic) bond motifs is 1. The zero-order valence-electron chi connectivity index (χ0n) is 12.1. The highest BCUT2D eigenvalue weighted by atomic mass is 16.5. The summed E-state index contributed by atoms with van der Waals surface area (Å²) in [5.74, 6) is 1.54. The Morgan fingerprint density at radius 2 is 2.10 bits per heavy atom. The number of nitrogens with one attached hydrogen (secondary N) is 1. The van der Waals surface area contributed by atoms with Crippen LogP contribution in [0.15, 0.2) is 40.8 Å². The summed E-state index contributed by atoms with van der Waals surface area (Å²) in [5, 5.41) is 3.37. The first-order chi connectivity index (χ1) is 10.2. The van der Waals surface area contributed by atoms with Crippen molar-refractivity contribution >= 4 is 11.6 Å². The number of rotatable bonds is 4. The molecule has 2 aromatic rings. The summed E-state index contributed by atoms with van der Waals surface area (Å²) in [4.78, 5) is 14.4. The van der Waals surface area contributed by atoms with E-state index in [4.69, 9.17) is 9.15 Å². The molecule has 5 nitrogen and oxygen atoms in total. The summed E-state index contributed by atoms with van der Waals surface area (Å²) in [5.41, 5.74) is 1.50. The number of carbonyl (C=O) groups is 1. The van der Waals surface area contributed by atoms with Gasteiger partial charge in [-0.15, -0.1) is 0 Å². The predicted octanol–water partition coefficient (Wildman–Crippen LogP) is 2.80. The van der Waals surface area contributed by atoms with Gasteiger partial charge >= 0.3 is 0 Å². The number of anilines is 1. The minimum absolute atomic E-state index is 0.0135. The number of hydrogen-bond acceptors (Lipinski definition) is 4. The average Bonchev–Trinajstić information content (AvgIpc) is 2.93. The number of ether oxygens (including phenoxy) is 1. The maximum atomic E-state index is 12.7. The standard InChI is InChI=1S/C16H18N2O3/c1-11-7-8-14(21-11)15-17-13-6-4-3-5-12(13)16(19)18(15)9-10-20-2/h3-8,15,17H,9-10H2,1-2H3/t15-/m1/s1. The summed E-state index contributed by atoms with van der Waals surface area (Å²) in [6.45, 7) is 2.87. The highest BCUT2D eigenvalue weighted by Crippen LogP contribution is 2.33. The highest BCUT2D eigenvalue weighted by Gasteiger charge is 2.34. The van der Waals surface area contributed by atoms with Crippen molar-refractivity contribution in [2.24, 2.45) is 0 Å². The molecule has 0 saturated heterocycles. The van der Waals surface area contributed by atoms with Gasteiger partial charge in [-0.1, -0.05) is 12.1 Å². The molecule has 3 rings (SSSR count). The van der Waals surface area contributed by atoms with Gasteiger partial charge < -0.3 is 19.4 Å². The Labute approximate surface area is 123 Å². The van der Waals surface area contributed by atoms with E-state index in [1.165, 1.54) is 0 Å². The lowest BCUT2D eigenvalue weighted by Gasteiger charge is -2.36. The number of carbonyl (C=O) groups excluding carboxylic acids is 1. The van der Waals surface area contributed by atoms with E-state index in [1.807, 2.05) is 43.3 Å². The maximum absolute atomic E-state index is 12.7. The van der Waals surface area contributed by atoms with E-state index in [0.29, 0.717) is 18.7 Å². The van der Waals surface area contributed by atoms with E-state index in [1.54, 1.807) is 12.0 Å². The van der Waals surface area contributed by atoms with Crippen molar-refractivity contribution < 1.29 is 13.9 Å². The number of methoxy groups -OCH3 is 1. The second-order valence-electron chi connectivity index (χ2n) is 5.03. The van der Waals surface area contributed by atoms with Gasteiger partial charge in [0.25, 0.3) is 5.91 Å². The highest BCUT2D eigenvalue weighted by molar-refractivity contribution is 6.01. The summed E-state index contributed by atoms with van der Waals surface area (Å²) in [7, 11) is 1.63. The Kier molecular flexibility index (Phi) is 3.66. The molecule has 1 N–H and O–H groups in total. The molecule has 1 amide bonds. The molecule has 21 heavy (non-hydrogen) atoms. The second kappa shape index (κ2) is 5.61. The molecule has 0 aliphatic carbocycles. The number of aryl methyl sites for hydroxylation is 1. The van der Waals surface area contributed by atoms with Crippen LogP contribution in [0.1, 0.15) is 28.0 Å². The molecule has 1 aromatic carbocycles. The van der Waals surface area contributed by atoms with Gasteiger partial charge in [-0.25, -0.2) is 0 Å². The molecule has 1 aliphatic heterocycles. The second-order valence-corrected chi connectivity index (χ2v) is 5.03. The molecule has 0 spiro atoms. The van der Waals surface area contributed by atoms with Crippen LogP contribution >= 0.6 is 0 Å². The minimum atomic E-state index is -0.309. The lowest BCUT2D eigenvalue weighted by Crippen LogP contribution is -2.44. The third-order valence-electron chi connectivity index (χ3n) is 3.59. The van der Waals surface area contributed by atoms with Crippen molar-refractivity contribution in [2.75, 3.05) is 25.6 Å². The van der Waals surface area contributed by atoms with E-state index < -0.39 is 0 Å². The molecule has 0 fully saturated rings. The average molecular weight is 286 g/mol. The molecule has 0 radical (unpaired) electrons. The van der Waals surface area contributed by atoms with Crippen LogP contribution in [-0.4, -0.2) is 31.1 Å². The summed E-state index contributed by atoms with van der Waals surface area (Å²) < 4.78 is 10.8. The molecule has 1 aliphatic rings. The van der Waals surface area contributed by atoms with E-state index in [9.17, 15) is 4.79 Å². The molecule has 5 heteroatoms. The third-order valence-corrected chi connectivity index (χ3v) is 3.59. The van der Waals surface area contributed by atoms with Gasteiger partial charge in [-0.2, -0.15) is 0 Å². The van der Waals surface area contributed by atoms with Gasteiger partial charge in [0, 0.05) is 19.3 Å². The summed E-state index contributed by atoms with van der Waals surface area (Å²) >= 11 is 0. The van der Waals surface area contributed by atoms with Gasteiger partial charge in [-0.05, 0) is 31.2 Å². The van der Waals surface area contributed by atoms with Crippen LogP contribution < -0.4 is 5.32 Å². The van der Waals surface area contributed by atoms with Crippen LogP contribution in [0.3, 0.4) is 0 Å². The largest absolute Gasteiger partial charge is 0.462 e. The van der Waals surface area contributed by atoms with E-state index >= 15 is 0 Å². The molecule has 1 aromatic heterocycles. The van der Waals surface area contributed by atoms with Crippen molar-refractivity contribution in [1.29, 1.82) is 0 Å². The predicted molar refractivity (Wildman–Crippen MR) is 79.2 cm³/mol. The van der Waals surface area contributed by atoms with E-state index in [2.05, 4.69) is 5.32 Å². The SMILES string of the molecule is COCCN1C(=O)c2ccccc2N[C@H]1c1ccc(C)o1. The summed E-state index contributed by atoms with van der Waals surface area (Å²) in [6, 6.07) is 11.3. The van der Waals surface area contributed by atoms with Crippen molar-refractivity contribution in [3.05, 3.63) is 53.5 Å². The zero-order valence-corrected chi connectivity index (χ0v) is 12.1. The fourth-order valence-corrected chi connectivity index (χ4v) is 2.54. The molecule has 0 bridgehead atoms. The molecular formula is C16H18N2O3. The maximum Gasteiger partial charge on any atom is 0.258 e. The Hall–Kier alpha value is -2.27. The lowest BCUT2D eigenvalue weighted by molar-refractivity contribution is 0.0585. The van der Waals surface area contributed by atoms with E-state index in [-0.39, 0.29) is 12.1 Å². The monoisotopic (exact) mass is 286 g/mol. The minimum Gasteiger partial charge on any atom is -0.462 e. The van der Waals surface area contributed by atoms with Crippen molar-refractivity contribution in [3.8, 4) is 0 Å². The van der Waals surface area contributed by atoms with Crippen LogP contribution in [0.5, 0.6) is 0 Å². The topological polar surface area (TPSA) is 54.7 Å². The number of benzene rings is 1. The zero-order chi connectivity index (χ0) is 14.8. The lowest BCUT2D eigenvalue weighted by atomic mass is 10.1. The number of amides is 1. The van der Waals surface area contributed by atoms with Crippen molar-refractivity contribution in [2.45, 2.75) is 13.1 Å². The molecule has 2 heterocycles. The fraction of sp³-hybridized carbons (Fsp3) is 0.312. The molecule has 110 valence electrons.